The quantitative estimate of drug-likeness (QED) is 0.689. The lowest BCUT2D eigenvalue weighted by molar-refractivity contribution is 0.566. The molecule has 1 atom stereocenters. The van der Waals surface area contributed by atoms with Crippen molar-refractivity contribution in [2.24, 2.45) is 5.18 Å². The van der Waals surface area contributed by atoms with E-state index in [4.69, 9.17) is 0 Å². The normalized spacial score (nSPS) is 12.5. The summed E-state index contributed by atoms with van der Waals surface area (Å²) in [6.45, 7) is 1.93. The van der Waals surface area contributed by atoms with Gasteiger partial charge in [-0.15, -0.1) is 0 Å². The highest BCUT2D eigenvalue weighted by Gasteiger charge is 2.10. The summed E-state index contributed by atoms with van der Waals surface area (Å²) in [5.41, 5.74) is 0.477. The van der Waals surface area contributed by atoms with Crippen LogP contribution in [0.15, 0.2) is 23.4 Å². The lowest BCUT2D eigenvalue weighted by Gasteiger charge is -2.07. The van der Waals surface area contributed by atoms with Crippen LogP contribution in [0.1, 0.15) is 25.3 Å². The summed E-state index contributed by atoms with van der Waals surface area (Å²) in [5, 5.41) is 2.94. The molecule has 82 valence electrons. The van der Waals surface area contributed by atoms with Crippen molar-refractivity contribution < 1.29 is 8.78 Å². The van der Waals surface area contributed by atoms with Crippen molar-refractivity contribution in [3.63, 3.8) is 0 Å². The van der Waals surface area contributed by atoms with Gasteiger partial charge in [0.05, 0.1) is 6.04 Å². The molecule has 2 nitrogen and oxygen atoms in total. The monoisotopic (exact) mass is 213 g/mol. The van der Waals surface area contributed by atoms with E-state index in [1.807, 2.05) is 6.92 Å². The lowest BCUT2D eigenvalue weighted by Crippen LogP contribution is -2.07. The second-order valence-electron chi connectivity index (χ2n) is 3.53. The SMILES string of the molecule is CCCC(Cc1cc(F)cc(F)c1)N=O. The first-order valence-corrected chi connectivity index (χ1v) is 4.93. The van der Waals surface area contributed by atoms with Gasteiger partial charge in [0.1, 0.15) is 11.6 Å². The molecular formula is C11H13F2NO. The molecular weight excluding hydrogens is 200 g/mol. The third-order valence-electron chi connectivity index (χ3n) is 2.16. The van der Waals surface area contributed by atoms with Crippen molar-refractivity contribution in [1.29, 1.82) is 0 Å². The third kappa shape index (κ3) is 3.73. The second-order valence-corrected chi connectivity index (χ2v) is 3.53. The standard InChI is InChI=1S/C11H13F2NO/c1-2-3-11(14-15)6-8-4-9(12)7-10(13)5-8/h4-5,7,11H,2-3,6H2,1H3. The van der Waals surface area contributed by atoms with Gasteiger partial charge in [-0.25, -0.2) is 8.78 Å². The van der Waals surface area contributed by atoms with Gasteiger partial charge >= 0.3 is 0 Å². The molecule has 0 aliphatic carbocycles. The highest BCUT2D eigenvalue weighted by Crippen LogP contribution is 2.13. The highest BCUT2D eigenvalue weighted by atomic mass is 19.1. The summed E-state index contributed by atoms with van der Waals surface area (Å²) in [5.74, 6) is -1.24. The number of hydrogen-bond donors (Lipinski definition) is 0. The molecule has 4 heteroatoms. The van der Waals surface area contributed by atoms with E-state index in [1.54, 1.807) is 0 Å². The topological polar surface area (TPSA) is 29.4 Å². The molecule has 15 heavy (non-hydrogen) atoms. The first-order chi connectivity index (χ1) is 7.15. The van der Waals surface area contributed by atoms with E-state index >= 15 is 0 Å². The summed E-state index contributed by atoms with van der Waals surface area (Å²) in [7, 11) is 0. The fourth-order valence-corrected chi connectivity index (χ4v) is 1.53. The Labute approximate surface area is 87.3 Å². The van der Waals surface area contributed by atoms with E-state index in [0.717, 1.165) is 12.5 Å². The minimum atomic E-state index is -0.619. The number of nitrogens with zero attached hydrogens (tertiary/aromatic N) is 1. The summed E-state index contributed by atoms with van der Waals surface area (Å²) in [6.07, 6.45) is 1.77. The second kappa shape index (κ2) is 5.53. The molecule has 0 fully saturated rings. The molecule has 0 N–H and O–H groups in total. The van der Waals surface area contributed by atoms with Gasteiger partial charge in [0.15, 0.2) is 0 Å². The predicted molar refractivity (Wildman–Crippen MR) is 54.6 cm³/mol. The summed E-state index contributed by atoms with van der Waals surface area (Å²) in [4.78, 5) is 10.4. The summed E-state index contributed by atoms with van der Waals surface area (Å²) < 4.78 is 25.6. The smallest absolute Gasteiger partial charge is 0.126 e. The van der Waals surface area contributed by atoms with Crippen LogP contribution in [-0.2, 0) is 6.42 Å². The zero-order valence-electron chi connectivity index (χ0n) is 8.54. The van der Waals surface area contributed by atoms with Gasteiger partial charge in [-0.3, -0.25) is 0 Å². The molecule has 0 spiro atoms. The van der Waals surface area contributed by atoms with Crippen LogP contribution in [0.25, 0.3) is 0 Å². The van der Waals surface area contributed by atoms with Crippen LogP contribution in [0, 0.1) is 16.5 Å². The molecule has 1 rings (SSSR count). The van der Waals surface area contributed by atoms with Crippen LogP contribution >= 0.6 is 0 Å². The first kappa shape index (κ1) is 11.8. The molecule has 0 aliphatic heterocycles. The van der Waals surface area contributed by atoms with Crippen LogP contribution in [0.3, 0.4) is 0 Å². The van der Waals surface area contributed by atoms with Crippen molar-refractivity contribution in [2.45, 2.75) is 32.2 Å². The molecule has 0 saturated heterocycles. The van der Waals surface area contributed by atoms with E-state index < -0.39 is 17.7 Å². The zero-order chi connectivity index (χ0) is 11.3. The maximum Gasteiger partial charge on any atom is 0.126 e. The molecule has 0 aliphatic rings. The molecule has 0 aromatic heterocycles. The van der Waals surface area contributed by atoms with Gasteiger partial charge in [-0.2, -0.15) is 4.91 Å². The largest absolute Gasteiger partial charge is 0.207 e. The maximum atomic E-state index is 12.8. The summed E-state index contributed by atoms with van der Waals surface area (Å²) in [6, 6.07) is 2.89. The number of hydrogen-bond acceptors (Lipinski definition) is 2. The number of benzene rings is 1. The molecule has 1 unspecified atom stereocenters. The molecule has 0 radical (unpaired) electrons. The van der Waals surface area contributed by atoms with Gasteiger partial charge < -0.3 is 0 Å². The van der Waals surface area contributed by atoms with Crippen LogP contribution in [-0.4, -0.2) is 6.04 Å². The van der Waals surface area contributed by atoms with Crippen molar-refractivity contribution in [3.05, 3.63) is 40.3 Å². The van der Waals surface area contributed by atoms with Gasteiger partial charge in [0.25, 0.3) is 0 Å². The Bertz CT molecular complexity index is 321. The molecule has 1 aromatic carbocycles. The van der Waals surface area contributed by atoms with Crippen LogP contribution in [0.4, 0.5) is 8.78 Å². The van der Waals surface area contributed by atoms with Crippen molar-refractivity contribution in [3.8, 4) is 0 Å². The minimum absolute atomic E-state index is 0.298. The Hall–Kier alpha value is -1.32. The van der Waals surface area contributed by atoms with Crippen LogP contribution in [0.2, 0.25) is 0 Å². The fraction of sp³-hybridized carbons (Fsp3) is 0.455. The van der Waals surface area contributed by atoms with Crippen molar-refractivity contribution >= 4 is 0 Å². The van der Waals surface area contributed by atoms with Gasteiger partial charge in [0.2, 0.25) is 0 Å². The summed E-state index contributed by atoms with van der Waals surface area (Å²) >= 11 is 0. The average Bonchev–Trinajstić information content (AvgIpc) is 2.15. The van der Waals surface area contributed by atoms with E-state index in [-0.39, 0.29) is 0 Å². The Balaban J connectivity index is 2.74. The molecule has 0 amide bonds. The number of rotatable bonds is 5. The molecule has 0 bridgehead atoms. The van der Waals surface area contributed by atoms with E-state index in [0.29, 0.717) is 18.4 Å². The average molecular weight is 213 g/mol. The van der Waals surface area contributed by atoms with Gasteiger partial charge in [0, 0.05) is 6.07 Å². The van der Waals surface area contributed by atoms with E-state index in [1.165, 1.54) is 12.1 Å². The first-order valence-electron chi connectivity index (χ1n) is 4.93. The van der Waals surface area contributed by atoms with E-state index in [2.05, 4.69) is 5.18 Å². The van der Waals surface area contributed by atoms with Gasteiger partial charge in [-0.1, -0.05) is 18.5 Å². The van der Waals surface area contributed by atoms with Crippen molar-refractivity contribution in [1.82, 2.24) is 0 Å². The Kier molecular flexibility index (Phi) is 4.34. The maximum absolute atomic E-state index is 12.8. The number of nitroso groups, excluding NO2 is 1. The lowest BCUT2D eigenvalue weighted by atomic mass is 10.0. The Morgan fingerprint density at radius 2 is 1.87 bits per heavy atom. The zero-order valence-corrected chi connectivity index (χ0v) is 8.54. The third-order valence-corrected chi connectivity index (χ3v) is 2.16. The predicted octanol–water partition coefficient (Wildman–Crippen LogP) is 3.44. The number of halogens is 2. The fourth-order valence-electron chi connectivity index (χ4n) is 1.53. The van der Waals surface area contributed by atoms with E-state index in [9.17, 15) is 13.7 Å². The Morgan fingerprint density at radius 3 is 2.33 bits per heavy atom. The van der Waals surface area contributed by atoms with Crippen LogP contribution in [0.5, 0.6) is 0 Å². The van der Waals surface area contributed by atoms with Crippen LogP contribution < -0.4 is 0 Å². The Morgan fingerprint density at radius 1 is 1.27 bits per heavy atom. The van der Waals surface area contributed by atoms with Gasteiger partial charge in [-0.05, 0) is 30.5 Å². The highest BCUT2D eigenvalue weighted by molar-refractivity contribution is 5.18. The molecule has 0 heterocycles. The molecule has 1 aromatic rings. The minimum Gasteiger partial charge on any atom is -0.207 e. The van der Waals surface area contributed by atoms with Crippen molar-refractivity contribution in [2.75, 3.05) is 0 Å². The molecule has 0 saturated carbocycles.